The molecule has 0 aliphatic heterocycles. The van der Waals surface area contributed by atoms with Gasteiger partial charge in [-0.05, 0) is 62.1 Å². The molecule has 0 bridgehead atoms. The van der Waals surface area contributed by atoms with Gasteiger partial charge in [-0.25, -0.2) is 9.78 Å². The van der Waals surface area contributed by atoms with E-state index in [4.69, 9.17) is 14.5 Å². The van der Waals surface area contributed by atoms with Gasteiger partial charge in [0.25, 0.3) is 5.69 Å². The lowest BCUT2D eigenvalue weighted by molar-refractivity contribution is -0.384. The number of pyridine rings is 1. The molecule has 4 aromatic rings. The third-order valence-corrected chi connectivity index (χ3v) is 5.89. The van der Waals surface area contributed by atoms with Crippen LogP contribution in [0.1, 0.15) is 51.4 Å². The van der Waals surface area contributed by atoms with Crippen LogP contribution < -0.4 is 14.8 Å². The highest BCUT2D eigenvalue weighted by Gasteiger charge is 2.28. The monoisotopic (exact) mass is 516 g/mol. The first kappa shape index (κ1) is 26.7. The molecule has 0 radical (unpaired) electrons. The molecule has 0 aliphatic carbocycles. The average molecular weight is 517 g/mol. The number of fused-ring (bicyclic) bond motifs is 1. The predicted octanol–water partition coefficient (Wildman–Crippen LogP) is 6.76. The number of carbonyl (C=O) groups is 1. The highest BCUT2D eigenvalue weighted by molar-refractivity contribution is 5.92. The van der Waals surface area contributed by atoms with Crippen LogP contribution in [0.15, 0.2) is 66.9 Å². The van der Waals surface area contributed by atoms with Gasteiger partial charge < -0.3 is 14.8 Å². The summed E-state index contributed by atoms with van der Waals surface area (Å²) in [5, 5.41) is 14.8. The molecule has 0 unspecified atom stereocenters. The van der Waals surface area contributed by atoms with E-state index in [9.17, 15) is 14.9 Å². The number of ether oxygens (including phenoxy) is 2. The van der Waals surface area contributed by atoms with Gasteiger partial charge in [-0.1, -0.05) is 32.9 Å². The van der Waals surface area contributed by atoms with Crippen LogP contribution in [0.2, 0.25) is 0 Å². The number of rotatable bonds is 8. The minimum Gasteiger partial charge on any atom is -0.493 e. The van der Waals surface area contributed by atoms with Crippen molar-refractivity contribution >= 4 is 23.1 Å². The van der Waals surface area contributed by atoms with E-state index in [0.717, 1.165) is 29.1 Å². The van der Waals surface area contributed by atoms with E-state index in [0.29, 0.717) is 5.75 Å². The molecule has 0 aliphatic rings. The van der Waals surface area contributed by atoms with Gasteiger partial charge in [0, 0.05) is 29.4 Å². The van der Waals surface area contributed by atoms with E-state index in [1.807, 2.05) is 34.9 Å². The summed E-state index contributed by atoms with van der Waals surface area (Å²) in [5.74, 6) is 0.648. The number of nitro benzene ring substituents is 1. The van der Waals surface area contributed by atoms with Gasteiger partial charge >= 0.3 is 5.97 Å². The number of non-ortho nitro benzene ring substituents is 1. The van der Waals surface area contributed by atoms with Crippen LogP contribution in [0.5, 0.6) is 11.5 Å². The second-order valence-electron chi connectivity index (χ2n) is 11.0. The van der Waals surface area contributed by atoms with Crippen LogP contribution in [0.25, 0.3) is 16.9 Å². The number of nitrogens with zero attached hydrogens (tertiary/aromatic N) is 3. The molecule has 2 heterocycles. The fourth-order valence-corrected chi connectivity index (χ4v) is 4.81. The molecular formula is C29H32N4O5. The van der Waals surface area contributed by atoms with E-state index < -0.39 is 10.9 Å². The first-order chi connectivity index (χ1) is 17.9. The van der Waals surface area contributed by atoms with Crippen molar-refractivity contribution in [2.45, 2.75) is 46.6 Å². The largest absolute Gasteiger partial charge is 0.493 e. The Morgan fingerprint density at radius 3 is 2.47 bits per heavy atom. The fourth-order valence-electron chi connectivity index (χ4n) is 4.81. The SMILES string of the molecule is COc1cc(-c2nc3ccccn3c2NC(C)(C)CC(C)(C)C)ccc1OC(=O)c1cccc([N+](=O)[O-])c1. The van der Waals surface area contributed by atoms with Gasteiger partial charge in [0.1, 0.15) is 17.2 Å². The summed E-state index contributed by atoms with van der Waals surface area (Å²) < 4.78 is 13.1. The van der Waals surface area contributed by atoms with Gasteiger partial charge in [0.15, 0.2) is 11.5 Å². The number of benzene rings is 2. The maximum Gasteiger partial charge on any atom is 0.343 e. The zero-order chi connectivity index (χ0) is 27.7. The van der Waals surface area contributed by atoms with Crippen molar-refractivity contribution in [2.75, 3.05) is 12.4 Å². The smallest absolute Gasteiger partial charge is 0.343 e. The van der Waals surface area contributed by atoms with Crippen LogP contribution in [-0.2, 0) is 0 Å². The Morgan fingerprint density at radius 2 is 1.79 bits per heavy atom. The Bertz CT molecular complexity index is 1500. The summed E-state index contributed by atoms with van der Waals surface area (Å²) in [4.78, 5) is 28.1. The lowest BCUT2D eigenvalue weighted by atomic mass is 9.82. The Labute approximate surface area is 221 Å². The number of nitrogens with one attached hydrogen (secondary N) is 1. The summed E-state index contributed by atoms with van der Waals surface area (Å²) in [7, 11) is 1.49. The van der Waals surface area contributed by atoms with E-state index in [1.165, 1.54) is 31.4 Å². The van der Waals surface area contributed by atoms with Crippen molar-refractivity contribution in [3.8, 4) is 22.8 Å². The number of hydrogen-bond donors (Lipinski definition) is 1. The van der Waals surface area contributed by atoms with Crippen molar-refractivity contribution in [2.24, 2.45) is 5.41 Å². The number of carbonyl (C=O) groups excluding carboxylic acids is 1. The van der Waals surface area contributed by atoms with E-state index in [-0.39, 0.29) is 28.0 Å². The lowest BCUT2D eigenvalue weighted by Crippen LogP contribution is -2.36. The van der Waals surface area contributed by atoms with Crippen LogP contribution >= 0.6 is 0 Å². The number of anilines is 1. The molecule has 0 amide bonds. The van der Waals surface area contributed by atoms with E-state index in [1.54, 1.807) is 12.1 Å². The zero-order valence-electron chi connectivity index (χ0n) is 22.4. The van der Waals surface area contributed by atoms with Crippen LogP contribution in [-0.4, -0.2) is 32.9 Å². The predicted molar refractivity (Wildman–Crippen MR) is 147 cm³/mol. The van der Waals surface area contributed by atoms with Crippen LogP contribution in [0.4, 0.5) is 11.5 Å². The molecule has 0 fully saturated rings. The average Bonchev–Trinajstić information content (AvgIpc) is 3.20. The summed E-state index contributed by atoms with van der Waals surface area (Å²) >= 11 is 0. The summed E-state index contributed by atoms with van der Waals surface area (Å²) in [6.45, 7) is 11.0. The van der Waals surface area contributed by atoms with Crippen molar-refractivity contribution in [1.82, 2.24) is 9.38 Å². The Hall–Kier alpha value is -4.40. The van der Waals surface area contributed by atoms with E-state index >= 15 is 0 Å². The molecule has 9 nitrogen and oxygen atoms in total. The molecule has 2 aromatic carbocycles. The standard InChI is InChI=1S/C29H32N4O5/c1-28(2,3)18-29(4,5)31-26-25(30-24-12-7-8-15-32(24)26)19-13-14-22(23(17-19)37-6)38-27(34)20-10-9-11-21(16-20)33(35)36/h7-17,31H,18H2,1-6H3. The van der Waals surface area contributed by atoms with Gasteiger partial charge in [-0.3, -0.25) is 14.5 Å². The third kappa shape index (κ3) is 5.94. The molecule has 0 atom stereocenters. The normalized spacial score (nSPS) is 11.8. The lowest BCUT2D eigenvalue weighted by Gasteiger charge is -2.34. The number of aromatic nitrogens is 2. The maximum atomic E-state index is 12.7. The molecule has 9 heteroatoms. The van der Waals surface area contributed by atoms with Gasteiger partial charge in [0.2, 0.25) is 0 Å². The quantitative estimate of drug-likeness (QED) is 0.119. The van der Waals surface area contributed by atoms with Gasteiger partial charge in [-0.15, -0.1) is 0 Å². The first-order valence-electron chi connectivity index (χ1n) is 12.3. The second kappa shape index (κ2) is 10.2. The Morgan fingerprint density at radius 1 is 1.03 bits per heavy atom. The summed E-state index contributed by atoms with van der Waals surface area (Å²) in [6.07, 6.45) is 2.89. The van der Waals surface area contributed by atoms with Gasteiger partial charge in [-0.2, -0.15) is 0 Å². The molecule has 0 spiro atoms. The number of methoxy groups -OCH3 is 1. The summed E-state index contributed by atoms with van der Waals surface area (Å²) in [5.41, 5.74) is 2.06. The van der Waals surface area contributed by atoms with Crippen molar-refractivity contribution in [3.05, 3.63) is 82.5 Å². The number of nitro groups is 1. The van der Waals surface area contributed by atoms with E-state index in [2.05, 4.69) is 39.9 Å². The first-order valence-corrected chi connectivity index (χ1v) is 12.3. The zero-order valence-corrected chi connectivity index (χ0v) is 22.4. The van der Waals surface area contributed by atoms with Crippen LogP contribution in [0, 0.1) is 15.5 Å². The maximum absolute atomic E-state index is 12.7. The van der Waals surface area contributed by atoms with Crippen molar-refractivity contribution in [1.29, 1.82) is 0 Å². The third-order valence-electron chi connectivity index (χ3n) is 5.89. The minimum absolute atomic E-state index is 0.0678. The minimum atomic E-state index is -0.723. The molecule has 1 N–H and O–H groups in total. The number of hydrogen-bond acceptors (Lipinski definition) is 7. The van der Waals surface area contributed by atoms with Gasteiger partial charge in [0.05, 0.1) is 17.6 Å². The second-order valence-corrected chi connectivity index (χ2v) is 11.0. The molecular weight excluding hydrogens is 484 g/mol. The summed E-state index contributed by atoms with van der Waals surface area (Å²) in [6, 6.07) is 16.4. The topological polar surface area (TPSA) is 108 Å². The van der Waals surface area contributed by atoms with Crippen LogP contribution in [0.3, 0.4) is 0 Å². The Kier molecular flexibility index (Phi) is 7.13. The molecule has 4 rings (SSSR count). The van der Waals surface area contributed by atoms with Crippen molar-refractivity contribution in [3.63, 3.8) is 0 Å². The molecule has 198 valence electrons. The number of esters is 1. The highest BCUT2D eigenvalue weighted by atomic mass is 16.6. The Balaban J connectivity index is 1.70. The molecule has 0 saturated heterocycles. The fraction of sp³-hybridized carbons (Fsp3) is 0.310. The number of imidazole rings is 1. The molecule has 38 heavy (non-hydrogen) atoms. The molecule has 2 aromatic heterocycles. The highest BCUT2D eigenvalue weighted by Crippen LogP contribution is 2.38. The van der Waals surface area contributed by atoms with Crippen molar-refractivity contribution < 1.29 is 19.2 Å². The molecule has 0 saturated carbocycles.